The number of nitrogens with one attached hydrogen (secondary N) is 1. The van der Waals surface area contributed by atoms with Crippen LogP contribution in [-0.2, 0) is 17.9 Å². The van der Waals surface area contributed by atoms with Crippen molar-refractivity contribution in [2.75, 3.05) is 18.4 Å². The number of carbonyl (C=O) groups excluding carboxylic acids is 2. The second-order valence-electron chi connectivity index (χ2n) is 7.26. The number of ether oxygens (including phenoxy) is 1. The van der Waals surface area contributed by atoms with Crippen LogP contribution in [0.25, 0.3) is 0 Å². The molecule has 0 saturated carbocycles. The number of nitrogens with zero attached hydrogens (tertiary/aromatic N) is 1. The molecular formula is C25H26FN3O3. The van der Waals surface area contributed by atoms with Crippen LogP contribution in [0.15, 0.2) is 78.9 Å². The summed E-state index contributed by atoms with van der Waals surface area (Å²) in [6.07, 6.45) is 0.0842. The molecule has 0 atom stereocenters. The zero-order valence-corrected chi connectivity index (χ0v) is 17.7. The Morgan fingerprint density at radius 1 is 0.938 bits per heavy atom. The van der Waals surface area contributed by atoms with Crippen molar-refractivity contribution < 1.29 is 18.7 Å². The molecule has 32 heavy (non-hydrogen) atoms. The molecular weight excluding hydrogens is 409 g/mol. The molecule has 7 heteroatoms. The molecule has 0 aromatic heterocycles. The summed E-state index contributed by atoms with van der Waals surface area (Å²) in [6, 6.07) is 22.2. The van der Waals surface area contributed by atoms with Gasteiger partial charge in [-0.2, -0.15) is 0 Å². The Hall–Kier alpha value is -3.71. The van der Waals surface area contributed by atoms with Crippen molar-refractivity contribution >= 4 is 17.7 Å². The maximum absolute atomic E-state index is 13.5. The largest absolute Gasteiger partial charge is 0.444 e. The summed E-state index contributed by atoms with van der Waals surface area (Å²) in [4.78, 5) is 26.5. The van der Waals surface area contributed by atoms with Crippen molar-refractivity contribution in [3.63, 3.8) is 0 Å². The second kappa shape index (κ2) is 11.6. The smallest absolute Gasteiger partial charge is 0.411 e. The van der Waals surface area contributed by atoms with Crippen LogP contribution in [0.1, 0.15) is 27.9 Å². The maximum Gasteiger partial charge on any atom is 0.411 e. The van der Waals surface area contributed by atoms with E-state index >= 15 is 0 Å². The molecule has 0 fully saturated rings. The first-order chi connectivity index (χ1) is 15.5. The normalized spacial score (nSPS) is 10.4. The molecule has 166 valence electrons. The van der Waals surface area contributed by atoms with Crippen LogP contribution in [0.3, 0.4) is 0 Å². The number of carbonyl (C=O) groups is 2. The number of hydrogen-bond acceptors (Lipinski definition) is 4. The summed E-state index contributed by atoms with van der Waals surface area (Å²) in [6.45, 7) is 1.43. The Kier molecular flexibility index (Phi) is 8.34. The van der Waals surface area contributed by atoms with E-state index in [4.69, 9.17) is 10.5 Å². The van der Waals surface area contributed by atoms with Gasteiger partial charge in [0.2, 0.25) is 0 Å². The molecule has 0 unspecified atom stereocenters. The molecule has 0 aliphatic heterocycles. The predicted molar refractivity (Wildman–Crippen MR) is 122 cm³/mol. The van der Waals surface area contributed by atoms with Gasteiger partial charge in [-0.25, -0.2) is 9.18 Å². The number of hydrogen-bond donors (Lipinski definition) is 2. The van der Waals surface area contributed by atoms with E-state index in [1.54, 1.807) is 23.1 Å². The maximum atomic E-state index is 13.5. The van der Waals surface area contributed by atoms with Gasteiger partial charge in [0, 0.05) is 24.3 Å². The van der Waals surface area contributed by atoms with Crippen LogP contribution >= 0.6 is 0 Å². The summed E-state index contributed by atoms with van der Waals surface area (Å²) in [5, 5.41) is 2.68. The van der Waals surface area contributed by atoms with Crippen molar-refractivity contribution in [3.05, 3.63) is 101 Å². The SMILES string of the molecule is NCCCN(Cc1ccc(NC(=O)OCc2ccccc2)cc1)C(=O)c1cccc(F)c1. The van der Waals surface area contributed by atoms with Gasteiger partial charge in [-0.1, -0.05) is 48.5 Å². The standard InChI is InChI=1S/C25H26FN3O3/c26-22-9-4-8-21(16-22)24(30)29(15-5-14-27)17-19-10-12-23(13-11-19)28-25(31)32-18-20-6-2-1-3-7-20/h1-4,6-13,16H,5,14-15,17-18,27H2,(H,28,31). The van der Waals surface area contributed by atoms with E-state index < -0.39 is 11.9 Å². The molecule has 0 aliphatic rings. The van der Waals surface area contributed by atoms with E-state index in [-0.39, 0.29) is 12.5 Å². The van der Waals surface area contributed by atoms with Gasteiger partial charge in [-0.05, 0) is 54.4 Å². The number of nitrogens with two attached hydrogens (primary N) is 1. The van der Waals surface area contributed by atoms with E-state index in [9.17, 15) is 14.0 Å². The highest BCUT2D eigenvalue weighted by atomic mass is 19.1. The Labute approximate surface area is 186 Å². The van der Waals surface area contributed by atoms with Crippen molar-refractivity contribution in [1.82, 2.24) is 4.90 Å². The first-order valence-corrected chi connectivity index (χ1v) is 10.4. The van der Waals surface area contributed by atoms with Crippen LogP contribution in [0, 0.1) is 5.82 Å². The first kappa shape index (κ1) is 23.0. The van der Waals surface area contributed by atoms with E-state index in [1.165, 1.54) is 18.2 Å². The summed E-state index contributed by atoms with van der Waals surface area (Å²) in [7, 11) is 0. The van der Waals surface area contributed by atoms with Crippen molar-refractivity contribution in [2.24, 2.45) is 5.73 Å². The fourth-order valence-corrected chi connectivity index (χ4v) is 3.13. The van der Waals surface area contributed by atoms with Gasteiger partial charge >= 0.3 is 6.09 Å². The van der Waals surface area contributed by atoms with Crippen LogP contribution in [0.5, 0.6) is 0 Å². The van der Waals surface area contributed by atoms with E-state index in [1.807, 2.05) is 42.5 Å². The minimum absolute atomic E-state index is 0.184. The molecule has 0 bridgehead atoms. The van der Waals surface area contributed by atoms with Gasteiger partial charge < -0.3 is 15.4 Å². The van der Waals surface area contributed by atoms with Gasteiger partial charge in [-0.15, -0.1) is 0 Å². The van der Waals surface area contributed by atoms with Crippen molar-refractivity contribution in [3.8, 4) is 0 Å². The van der Waals surface area contributed by atoms with E-state index in [0.717, 1.165) is 11.1 Å². The molecule has 3 aromatic carbocycles. The molecule has 0 spiro atoms. The van der Waals surface area contributed by atoms with Crippen LogP contribution < -0.4 is 11.1 Å². The number of anilines is 1. The molecule has 0 heterocycles. The second-order valence-corrected chi connectivity index (χ2v) is 7.26. The van der Waals surface area contributed by atoms with E-state index in [0.29, 0.717) is 37.3 Å². The highest BCUT2D eigenvalue weighted by Gasteiger charge is 2.16. The minimum atomic E-state index is -0.549. The zero-order valence-electron chi connectivity index (χ0n) is 17.7. The third-order valence-corrected chi connectivity index (χ3v) is 4.78. The number of amides is 2. The van der Waals surface area contributed by atoms with Crippen molar-refractivity contribution in [1.29, 1.82) is 0 Å². The Morgan fingerprint density at radius 2 is 1.69 bits per heavy atom. The number of halogens is 1. The lowest BCUT2D eigenvalue weighted by Gasteiger charge is -2.23. The Bertz CT molecular complexity index is 1030. The minimum Gasteiger partial charge on any atom is -0.444 e. The summed E-state index contributed by atoms with van der Waals surface area (Å²) >= 11 is 0. The fraction of sp³-hybridized carbons (Fsp3) is 0.200. The highest BCUT2D eigenvalue weighted by Crippen LogP contribution is 2.15. The molecule has 2 amide bonds. The van der Waals surface area contributed by atoms with Crippen LogP contribution in [0.2, 0.25) is 0 Å². The lowest BCUT2D eigenvalue weighted by Crippen LogP contribution is -2.32. The predicted octanol–water partition coefficient (Wildman–Crippen LogP) is 4.57. The van der Waals surface area contributed by atoms with Gasteiger partial charge in [0.15, 0.2) is 0 Å². The number of rotatable bonds is 9. The summed E-state index contributed by atoms with van der Waals surface area (Å²) in [5.41, 5.74) is 8.26. The molecule has 0 saturated heterocycles. The van der Waals surface area contributed by atoms with E-state index in [2.05, 4.69) is 5.32 Å². The molecule has 6 nitrogen and oxygen atoms in total. The lowest BCUT2D eigenvalue weighted by atomic mass is 10.1. The Balaban J connectivity index is 1.59. The van der Waals surface area contributed by atoms with Crippen LogP contribution in [0.4, 0.5) is 14.9 Å². The lowest BCUT2D eigenvalue weighted by molar-refractivity contribution is 0.0741. The van der Waals surface area contributed by atoms with Crippen LogP contribution in [-0.4, -0.2) is 30.0 Å². The average molecular weight is 435 g/mol. The van der Waals surface area contributed by atoms with Crippen molar-refractivity contribution in [2.45, 2.75) is 19.6 Å². The number of benzene rings is 3. The third kappa shape index (κ3) is 6.92. The first-order valence-electron chi connectivity index (χ1n) is 10.4. The quantitative estimate of drug-likeness (QED) is 0.516. The third-order valence-electron chi connectivity index (χ3n) is 4.78. The molecule has 3 aromatic rings. The van der Waals surface area contributed by atoms with Gasteiger partial charge in [0.05, 0.1) is 0 Å². The summed E-state index contributed by atoms with van der Waals surface area (Å²) < 4.78 is 18.8. The highest BCUT2D eigenvalue weighted by molar-refractivity contribution is 5.94. The van der Waals surface area contributed by atoms with Gasteiger partial charge in [0.25, 0.3) is 5.91 Å². The monoisotopic (exact) mass is 435 g/mol. The fourth-order valence-electron chi connectivity index (χ4n) is 3.13. The molecule has 0 aliphatic carbocycles. The topological polar surface area (TPSA) is 84.7 Å². The molecule has 0 radical (unpaired) electrons. The van der Waals surface area contributed by atoms with Gasteiger partial charge in [-0.3, -0.25) is 10.1 Å². The summed E-state index contributed by atoms with van der Waals surface area (Å²) in [5.74, 6) is -0.714. The Morgan fingerprint density at radius 3 is 2.38 bits per heavy atom. The zero-order chi connectivity index (χ0) is 22.8. The van der Waals surface area contributed by atoms with Gasteiger partial charge in [0.1, 0.15) is 12.4 Å². The average Bonchev–Trinajstić information content (AvgIpc) is 2.82. The molecule has 3 N–H and O–H groups in total. The molecule has 3 rings (SSSR count).